The van der Waals surface area contributed by atoms with Crippen LogP contribution in [0.25, 0.3) is 0 Å². The monoisotopic (exact) mass is 418 g/mol. The fraction of sp³-hybridized carbons (Fsp3) is 0.278. The zero-order valence-electron chi connectivity index (χ0n) is 15.2. The van der Waals surface area contributed by atoms with Crippen LogP contribution in [0.2, 0.25) is 0 Å². The minimum Gasteiger partial charge on any atom is -0.304 e. The van der Waals surface area contributed by atoms with E-state index in [-0.39, 0.29) is 29.9 Å². The maximum atomic E-state index is 13.3. The van der Waals surface area contributed by atoms with Gasteiger partial charge in [-0.1, -0.05) is 6.07 Å². The van der Waals surface area contributed by atoms with E-state index in [0.717, 1.165) is 24.3 Å². The summed E-state index contributed by atoms with van der Waals surface area (Å²) >= 11 is 0. The van der Waals surface area contributed by atoms with Gasteiger partial charge < -0.3 is 9.05 Å². The van der Waals surface area contributed by atoms with Crippen molar-refractivity contribution in [2.45, 2.75) is 20.0 Å². The Labute approximate surface area is 159 Å². The Morgan fingerprint density at radius 1 is 1.07 bits per heavy atom. The molecule has 0 saturated carbocycles. The van der Waals surface area contributed by atoms with Gasteiger partial charge in [-0.2, -0.15) is 18.3 Å². The van der Waals surface area contributed by atoms with Gasteiger partial charge in [0.05, 0.1) is 24.5 Å². The lowest BCUT2D eigenvalue weighted by atomic mass is 10.2. The average Bonchev–Trinajstić information content (AvgIpc) is 2.63. The van der Waals surface area contributed by atoms with Gasteiger partial charge in [-0.25, -0.2) is 4.39 Å². The molecule has 0 atom stereocenters. The quantitative estimate of drug-likeness (QED) is 0.252. The molecule has 0 radical (unpaired) electrons. The number of anilines is 1. The summed E-state index contributed by atoms with van der Waals surface area (Å²) < 4.78 is 75.6. The number of hydrogen-bond donors (Lipinski definition) is 1. The Bertz CT molecular complexity index is 860. The predicted molar refractivity (Wildman–Crippen MR) is 98.9 cm³/mol. The Morgan fingerprint density at radius 3 is 2.21 bits per heavy atom. The lowest BCUT2D eigenvalue weighted by Crippen LogP contribution is -2.11. The summed E-state index contributed by atoms with van der Waals surface area (Å²) in [5, 5.41) is 3.99. The molecule has 5 nitrogen and oxygen atoms in total. The molecule has 0 saturated heterocycles. The van der Waals surface area contributed by atoms with Crippen molar-refractivity contribution in [2.24, 2.45) is 5.10 Å². The highest BCUT2D eigenvalue weighted by molar-refractivity contribution is 7.73. The Kier molecular flexibility index (Phi) is 7.35. The average molecular weight is 418 g/mol. The highest BCUT2D eigenvalue weighted by Gasteiger charge is 2.34. The summed E-state index contributed by atoms with van der Waals surface area (Å²) in [4.78, 5) is 0. The zero-order valence-corrected chi connectivity index (χ0v) is 16.1. The van der Waals surface area contributed by atoms with Crippen LogP contribution in [-0.2, 0) is 19.8 Å². The third-order valence-corrected chi connectivity index (χ3v) is 5.51. The van der Waals surface area contributed by atoms with Crippen molar-refractivity contribution in [3.63, 3.8) is 0 Å². The fourth-order valence-electron chi connectivity index (χ4n) is 2.26. The maximum absolute atomic E-state index is 13.3. The molecule has 0 fully saturated rings. The van der Waals surface area contributed by atoms with Crippen LogP contribution in [-0.4, -0.2) is 18.7 Å². The summed E-state index contributed by atoms with van der Waals surface area (Å²) in [5.41, 5.74) is 1.68. The highest BCUT2D eigenvalue weighted by Crippen LogP contribution is 2.51. The number of halogens is 4. The van der Waals surface area contributed by atoms with E-state index in [9.17, 15) is 22.1 Å². The van der Waals surface area contributed by atoms with Crippen LogP contribution in [0.4, 0.5) is 23.2 Å². The minimum absolute atomic E-state index is 0.0222. The molecular weight excluding hydrogens is 399 g/mol. The molecule has 0 unspecified atom stereocenters. The number of nitrogens with zero attached hydrogens (tertiary/aromatic N) is 1. The first kappa shape index (κ1) is 22.1. The Morgan fingerprint density at radius 2 is 1.68 bits per heavy atom. The maximum Gasteiger partial charge on any atom is 0.416 e. The van der Waals surface area contributed by atoms with E-state index in [2.05, 4.69) is 10.5 Å². The summed E-state index contributed by atoms with van der Waals surface area (Å²) in [6.45, 7) is 3.30. The summed E-state index contributed by atoms with van der Waals surface area (Å²) in [7, 11) is -3.91. The lowest BCUT2D eigenvalue weighted by Gasteiger charge is -2.19. The summed E-state index contributed by atoms with van der Waals surface area (Å²) in [5.74, 6) is -0.517. The minimum atomic E-state index is -4.52. The molecule has 2 aromatic carbocycles. The van der Waals surface area contributed by atoms with Crippen molar-refractivity contribution < 1.29 is 31.2 Å². The molecule has 0 heterocycles. The Balaban J connectivity index is 2.46. The lowest BCUT2D eigenvalue weighted by molar-refractivity contribution is -0.137. The van der Waals surface area contributed by atoms with Gasteiger partial charge in [0.2, 0.25) is 0 Å². The van der Waals surface area contributed by atoms with Gasteiger partial charge in [-0.05, 0) is 56.3 Å². The first-order valence-corrected chi connectivity index (χ1v) is 9.90. The first-order valence-electron chi connectivity index (χ1n) is 8.36. The second kappa shape index (κ2) is 9.32. The van der Waals surface area contributed by atoms with Gasteiger partial charge >= 0.3 is 13.8 Å². The van der Waals surface area contributed by atoms with Crippen LogP contribution in [0, 0.1) is 5.82 Å². The number of rotatable bonds is 8. The second-order valence-corrected chi connectivity index (χ2v) is 7.40. The van der Waals surface area contributed by atoms with Crippen LogP contribution >= 0.6 is 7.60 Å². The molecule has 0 amide bonds. The molecule has 2 aromatic rings. The molecule has 0 spiro atoms. The predicted octanol–water partition coefficient (Wildman–Crippen LogP) is 5.88. The zero-order chi connectivity index (χ0) is 20.8. The van der Waals surface area contributed by atoms with Gasteiger partial charge in [0.15, 0.2) is 5.45 Å². The molecule has 0 bridgehead atoms. The molecule has 0 aliphatic heterocycles. The van der Waals surface area contributed by atoms with Gasteiger partial charge in [0.25, 0.3) is 0 Å². The van der Waals surface area contributed by atoms with Crippen LogP contribution in [0.15, 0.2) is 53.6 Å². The van der Waals surface area contributed by atoms with Crippen LogP contribution in [0.5, 0.6) is 0 Å². The molecule has 28 heavy (non-hydrogen) atoms. The third kappa shape index (κ3) is 5.64. The first-order chi connectivity index (χ1) is 13.2. The molecular formula is C18H19F4N2O3P. The van der Waals surface area contributed by atoms with Crippen molar-refractivity contribution in [2.75, 3.05) is 18.6 Å². The van der Waals surface area contributed by atoms with Crippen molar-refractivity contribution >= 4 is 18.7 Å². The molecule has 10 heteroatoms. The number of alkyl halides is 3. The topological polar surface area (TPSA) is 59.9 Å². The van der Waals surface area contributed by atoms with E-state index < -0.39 is 25.2 Å². The van der Waals surface area contributed by atoms with Gasteiger partial charge in [0, 0.05) is 5.56 Å². The third-order valence-electron chi connectivity index (χ3n) is 3.44. The van der Waals surface area contributed by atoms with Crippen molar-refractivity contribution in [1.29, 1.82) is 0 Å². The normalized spacial score (nSPS) is 12.9. The van der Waals surface area contributed by atoms with Crippen LogP contribution < -0.4 is 5.43 Å². The summed E-state index contributed by atoms with van der Waals surface area (Å²) in [6, 6.07) is 9.28. The number of nitrogens with one attached hydrogen (secondary N) is 1. The van der Waals surface area contributed by atoms with E-state index >= 15 is 0 Å². The van der Waals surface area contributed by atoms with Crippen molar-refractivity contribution in [3.05, 3.63) is 65.5 Å². The van der Waals surface area contributed by atoms with Crippen molar-refractivity contribution in [3.8, 4) is 0 Å². The molecule has 0 aromatic heterocycles. The largest absolute Gasteiger partial charge is 0.416 e. The Hall–Kier alpha value is -2.22. The van der Waals surface area contributed by atoms with Gasteiger partial charge in [0.1, 0.15) is 5.82 Å². The molecule has 0 aliphatic rings. The van der Waals surface area contributed by atoms with Gasteiger partial charge in [-0.3, -0.25) is 9.99 Å². The van der Waals surface area contributed by atoms with Gasteiger partial charge in [-0.15, -0.1) is 0 Å². The second-order valence-electron chi connectivity index (χ2n) is 5.47. The van der Waals surface area contributed by atoms with E-state index in [1.807, 2.05) is 0 Å². The van der Waals surface area contributed by atoms with Crippen LogP contribution in [0.1, 0.15) is 25.0 Å². The highest BCUT2D eigenvalue weighted by atomic mass is 31.2. The smallest absolute Gasteiger partial charge is 0.304 e. The number of hydrogen-bond acceptors (Lipinski definition) is 5. The van der Waals surface area contributed by atoms with Crippen LogP contribution in [0.3, 0.4) is 0 Å². The van der Waals surface area contributed by atoms with E-state index in [1.165, 1.54) is 24.3 Å². The standard InChI is InChI=1S/C18H19F4N2O3P/c1-3-26-28(25,27-4-2)17(13-8-10-15(19)11-9-13)24-23-16-7-5-6-14(12-16)18(20,21)22/h5-12,23H,3-4H2,1-2H3/b24-17-. The molecule has 1 N–H and O–H groups in total. The molecule has 2 rings (SSSR count). The van der Waals surface area contributed by atoms with E-state index in [4.69, 9.17) is 9.05 Å². The SMILES string of the molecule is CCOP(=O)(OCC)/C(=N\Nc1cccc(C(F)(F)F)c1)c1ccc(F)cc1. The molecule has 0 aliphatic carbocycles. The van der Waals surface area contributed by atoms with E-state index in [0.29, 0.717) is 0 Å². The summed E-state index contributed by atoms with van der Waals surface area (Å²) in [6.07, 6.45) is -4.52. The number of benzene rings is 2. The van der Waals surface area contributed by atoms with Crippen molar-refractivity contribution in [1.82, 2.24) is 0 Å². The number of hydrazone groups is 1. The molecule has 152 valence electrons. The van der Waals surface area contributed by atoms with E-state index in [1.54, 1.807) is 13.8 Å². The fourth-order valence-corrected chi connectivity index (χ4v) is 3.90.